The molecule has 88 valence electrons. The van der Waals surface area contributed by atoms with E-state index in [1.807, 2.05) is 18.2 Å². The Balaban J connectivity index is 2.71. The topological polar surface area (TPSA) is 46.2 Å². The predicted octanol–water partition coefficient (Wildman–Crippen LogP) is 2.36. The van der Waals surface area contributed by atoms with Gasteiger partial charge in [0, 0.05) is 0 Å². The van der Waals surface area contributed by atoms with Gasteiger partial charge in [0.05, 0.1) is 5.60 Å². The molecule has 0 fully saturated rings. The molecule has 2 heteroatoms. The van der Waals surface area contributed by atoms with Crippen molar-refractivity contribution in [2.45, 2.75) is 32.3 Å². The van der Waals surface area contributed by atoms with Gasteiger partial charge in [-0.05, 0) is 44.4 Å². The van der Waals surface area contributed by atoms with Gasteiger partial charge in [0.1, 0.15) is 0 Å². The minimum Gasteiger partial charge on any atom is -0.386 e. The second-order valence-electron chi connectivity index (χ2n) is 4.62. The van der Waals surface area contributed by atoms with Crippen molar-refractivity contribution < 1.29 is 5.11 Å². The summed E-state index contributed by atoms with van der Waals surface area (Å²) in [6, 6.07) is 8.32. The minimum atomic E-state index is -0.757. The van der Waals surface area contributed by atoms with Crippen LogP contribution in [0, 0.1) is 0 Å². The van der Waals surface area contributed by atoms with Crippen LogP contribution in [0.5, 0.6) is 0 Å². The van der Waals surface area contributed by atoms with Crippen LogP contribution in [-0.2, 0) is 6.42 Å². The van der Waals surface area contributed by atoms with E-state index in [1.54, 1.807) is 19.9 Å². The lowest BCUT2D eigenvalue weighted by atomic mass is 10.0. The number of nitrogens with two attached hydrogens (primary N) is 1. The van der Waals surface area contributed by atoms with E-state index in [4.69, 9.17) is 5.73 Å². The summed E-state index contributed by atoms with van der Waals surface area (Å²) in [5, 5.41) is 9.59. The van der Waals surface area contributed by atoms with Gasteiger partial charge in [0.2, 0.25) is 0 Å². The van der Waals surface area contributed by atoms with Gasteiger partial charge < -0.3 is 10.8 Å². The number of hydrogen-bond acceptors (Lipinski definition) is 2. The largest absolute Gasteiger partial charge is 0.386 e. The van der Waals surface area contributed by atoms with Crippen LogP contribution in [0.25, 0.3) is 6.08 Å². The smallest absolute Gasteiger partial charge is 0.0774 e. The first-order chi connectivity index (χ1) is 7.51. The van der Waals surface area contributed by atoms with Gasteiger partial charge in [-0.25, -0.2) is 0 Å². The van der Waals surface area contributed by atoms with Crippen LogP contribution in [0.2, 0.25) is 0 Å². The molecule has 16 heavy (non-hydrogen) atoms. The maximum atomic E-state index is 9.59. The van der Waals surface area contributed by atoms with Crippen LogP contribution >= 0.6 is 0 Å². The van der Waals surface area contributed by atoms with Crippen molar-refractivity contribution in [1.29, 1.82) is 0 Å². The Morgan fingerprint density at radius 1 is 1.38 bits per heavy atom. The first kappa shape index (κ1) is 12.9. The fourth-order valence-corrected chi connectivity index (χ4v) is 1.46. The second kappa shape index (κ2) is 5.83. The highest BCUT2D eigenvalue weighted by Gasteiger charge is 2.05. The Morgan fingerprint density at radius 2 is 2.12 bits per heavy atom. The van der Waals surface area contributed by atoms with Gasteiger partial charge in [-0.3, -0.25) is 0 Å². The molecule has 0 unspecified atom stereocenters. The van der Waals surface area contributed by atoms with Crippen LogP contribution < -0.4 is 5.73 Å². The first-order valence-corrected chi connectivity index (χ1v) is 5.72. The third-order valence-electron chi connectivity index (χ3n) is 2.30. The number of rotatable bonds is 5. The summed E-state index contributed by atoms with van der Waals surface area (Å²) in [5.74, 6) is 0. The number of hydrogen-bond donors (Lipinski definition) is 2. The molecule has 0 spiro atoms. The first-order valence-electron chi connectivity index (χ1n) is 5.72. The molecule has 0 bridgehead atoms. The highest BCUT2D eigenvalue weighted by atomic mass is 16.3. The molecule has 2 nitrogen and oxygen atoms in total. The standard InChI is InChI=1S/C14H21NO/c1-14(2,16)9-8-13-6-3-5-12(11-13)7-4-10-15/h3,5-6,8-9,11,16H,4,7,10,15H2,1-2H3. The molecule has 0 radical (unpaired) electrons. The quantitative estimate of drug-likeness (QED) is 0.798. The van der Waals surface area contributed by atoms with Gasteiger partial charge >= 0.3 is 0 Å². The van der Waals surface area contributed by atoms with Crippen LogP contribution in [-0.4, -0.2) is 17.3 Å². The van der Waals surface area contributed by atoms with Gasteiger partial charge in [0.15, 0.2) is 0 Å². The van der Waals surface area contributed by atoms with Gasteiger partial charge in [0.25, 0.3) is 0 Å². The summed E-state index contributed by atoms with van der Waals surface area (Å²) in [5.41, 5.74) is 7.14. The summed E-state index contributed by atoms with van der Waals surface area (Å²) in [6.45, 7) is 4.26. The van der Waals surface area contributed by atoms with Gasteiger partial charge in [-0.2, -0.15) is 0 Å². The second-order valence-corrected chi connectivity index (χ2v) is 4.62. The molecule has 0 saturated carbocycles. The molecule has 0 saturated heterocycles. The normalized spacial score (nSPS) is 12.2. The Kier molecular flexibility index (Phi) is 4.71. The van der Waals surface area contributed by atoms with Crippen molar-refractivity contribution in [3.63, 3.8) is 0 Å². The average molecular weight is 219 g/mol. The van der Waals surface area contributed by atoms with Crippen LogP contribution in [0.1, 0.15) is 31.4 Å². The highest BCUT2D eigenvalue weighted by molar-refractivity contribution is 5.51. The zero-order valence-corrected chi connectivity index (χ0v) is 10.1. The Labute approximate surface area is 97.8 Å². The molecule has 0 heterocycles. The zero-order chi connectivity index (χ0) is 12.0. The predicted molar refractivity (Wildman–Crippen MR) is 69.1 cm³/mol. The summed E-state index contributed by atoms with van der Waals surface area (Å²) < 4.78 is 0. The van der Waals surface area contributed by atoms with Gasteiger partial charge in [-0.1, -0.05) is 36.4 Å². The molecule has 0 aromatic heterocycles. The highest BCUT2D eigenvalue weighted by Crippen LogP contribution is 2.12. The fourth-order valence-electron chi connectivity index (χ4n) is 1.46. The number of aryl methyl sites for hydroxylation is 1. The Bertz CT molecular complexity index is 350. The van der Waals surface area contributed by atoms with Crippen molar-refractivity contribution in [3.05, 3.63) is 41.5 Å². The molecule has 0 aliphatic heterocycles. The van der Waals surface area contributed by atoms with E-state index >= 15 is 0 Å². The molecule has 0 atom stereocenters. The minimum absolute atomic E-state index is 0.726. The number of aliphatic hydroxyl groups is 1. The third kappa shape index (κ3) is 5.10. The van der Waals surface area contributed by atoms with Crippen molar-refractivity contribution in [3.8, 4) is 0 Å². The zero-order valence-electron chi connectivity index (χ0n) is 10.1. The summed E-state index contributed by atoms with van der Waals surface area (Å²) in [4.78, 5) is 0. The fraction of sp³-hybridized carbons (Fsp3) is 0.429. The van der Waals surface area contributed by atoms with Crippen LogP contribution in [0.15, 0.2) is 30.3 Å². The van der Waals surface area contributed by atoms with Crippen LogP contribution in [0.4, 0.5) is 0 Å². The third-order valence-corrected chi connectivity index (χ3v) is 2.30. The van der Waals surface area contributed by atoms with E-state index in [1.165, 1.54) is 5.56 Å². The molecule has 0 aliphatic rings. The van der Waals surface area contributed by atoms with Crippen molar-refractivity contribution in [2.24, 2.45) is 5.73 Å². The molecule has 0 amide bonds. The van der Waals surface area contributed by atoms with Crippen LogP contribution in [0.3, 0.4) is 0 Å². The lowest BCUT2D eigenvalue weighted by molar-refractivity contribution is 0.134. The van der Waals surface area contributed by atoms with E-state index in [2.05, 4.69) is 12.1 Å². The molecule has 1 rings (SSSR count). The van der Waals surface area contributed by atoms with E-state index in [-0.39, 0.29) is 0 Å². The Hall–Kier alpha value is -1.12. The van der Waals surface area contributed by atoms with Gasteiger partial charge in [-0.15, -0.1) is 0 Å². The molecular formula is C14H21NO. The van der Waals surface area contributed by atoms with Crippen molar-refractivity contribution >= 4 is 6.08 Å². The van der Waals surface area contributed by atoms with E-state index in [9.17, 15) is 5.11 Å². The maximum absolute atomic E-state index is 9.59. The SMILES string of the molecule is CC(C)(O)C=Cc1cccc(CCCN)c1. The van der Waals surface area contributed by atoms with E-state index < -0.39 is 5.60 Å². The van der Waals surface area contributed by atoms with Crippen molar-refractivity contribution in [2.75, 3.05) is 6.54 Å². The lowest BCUT2D eigenvalue weighted by Gasteiger charge is -2.10. The van der Waals surface area contributed by atoms with Crippen molar-refractivity contribution in [1.82, 2.24) is 0 Å². The summed E-state index contributed by atoms with van der Waals surface area (Å²) in [6.07, 6.45) is 5.78. The summed E-state index contributed by atoms with van der Waals surface area (Å²) >= 11 is 0. The summed E-state index contributed by atoms with van der Waals surface area (Å²) in [7, 11) is 0. The average Bonchev–Trinajstić information content (AvgIpc) is 2.23. The molecule has 0 aliphatic carbocycles. The van der Waals surface area contributed by atoms with E-state index in [0.29, 0.717) is 0 Å². The number of benzene rings is 1. The Morgan fingerprint density at radius 3 is 2.75 bits per heavy atom. The molecular weight excluding hydrogens is 198 g/mol. The maximum Gasteiger partial charge on any atom is 0.0774 e. The molecule has 1 aromatic carbocycles. The molecule has 1 aromatic rings. The lowest BCUT2D eigenvalue weighted by Crippen LogP contribution is -2.13. The molecule has 3 N–H and O–H groups in total. The van der Waals surface area contributed by atoms with E-state index in [0.717, 1.165) is 24.9 Å². The monoisotopic (exact) mass is 219 g/mol.